The summed E-state index contributed by atoms with van der Waals surface area (Å²) in [5, 5.41) is 0.645. The molecule has 1 aliphatic heterocycles. The molecule has 5 atom stereocenters. The molecule has 172 valence electrons. The molecule has 30 heavy (non-hydrogen) atoms. The van der Waals surface area contributed by atoms with Gasteiger partial charge in [0.15, 0.2) is 24.6 Å². The zero-order valence-corrected chi connectivity index (χ0v) is 18.9. The van der Waals surface area contributed by atoms with Crippen molar-refractivity contribution in [2.45, 2.75) is 58.4 Å². The molecule has 0 saturated carbocycles. The molecule has 0 spiro atoms. The van der Waals surface area contributed by atoms with Gasteiger partial charge < -0.3 is 33.2 Å². The Morgan fingerprint density at radius 3 is 1.87 bits per heavy atom. The Balaban J connectivity index is 3.13. The van der Waals surface area contributed by atoms with Gasteiger partial charge in [-0.1, -0.05) is 15.9 Å². The van der Waals surface area contributed by atoms with E-state index in [0.717, 1.165) is 20.8 Å². The van der Waals surface area contributed by atoms with E-state index in [4.69, 9.17) is 33.2 Å². The molecule has 1 rings (SSSR count). The maximum Gasteiger partial charge on any atom is 0.303 e. The number of hydrogen-bond acceptors (Lipinski definition) is 11. The molecule has 12 heteroatoms. The van der Waals surface area contributed by atoms with Crippen LogP contribution in [-0.2, 0) is 52.3 Å². The Morgan fingerprint density at radius 1 is 0.767 bits per heavy atom. The molecule has 1 aliphatic rings. The summed E-state index contributed by atoms with van der Waals surface area (Å²) in [6.07, 6.45) is -5.93. The Hall–Kier alpha value is -1.76. The first-order chi connectivity index (χ1) is 14.1. The molecular formula is C18H27BrO11. The van der Waals surface area contributed by atoms with E-state index in [1.54, 1.807) is 0 Å². The topological polar surface area (TPSA) is 133 Å². The van der Waals surface area contributed by atoms with Crippen LogP contribution in [0, 0.1) is 0 Å². The Labute approximate surface area is 182 Å². The van der Waals surface area contributed by atoms with Crippen LogP contribution in [0.3, 0.4) is 0 Å². The van der Waals surface area contributed by atoms with Crippen molar-refractivity contribution in [3.8, 4) is 0 Å². The van der Waals surface area contributed by atoms with Crippen LogP contribution in [0.5, 0.6) is 0 Å². The highest BCUT2D eigenvalue weighted by molar-refractivity contribution is 9.09. The SMILES string of the molecule is CC(=O)OC[C@H]1O[C@H](OCCOCCBr)[C@@H](OC(C)=O)[C@@H](OC(C)=O)[C@@H]1OC(C)=O. The third kappa shape index (κ3) is 9.37. The summed E-state index contributed by atoms with van der Waals surface area (Å²) in [6, 6.07) is 0. The van der Waals surface area contributed by atoms with Crippen LogP contribution in [0.25, 0.3) is 0 Å². The third-order valence-electron chi connectivity index (χ3n) is 3.68. The van der Waals surface area contributed by atoms with E-state index in [2.05, 4.69) is 15.9 Å². The normalized spacial score (nSPS) is 25.8. The zero-order valence-electron chi connectivity index (χ0n) is 17.3. The highest BCUT2D eigenvalue weighted by Gasteiger charge is 2.52. The number of carbonyl (C=O) groups is 4. The van der Waals surface area contributed by atoms with E-state index in [9.17, 15) is 19.2 Å². The molecule has 1 saturated heterocycles. The van der Waals surface area contributed by atoms with Crippen molar-refractivity contribution < 1.29 is 52.3 Å². The van der Waals surface area contributed by atoms with Gasteiger partial charge in [-0.05, 0) is 0 Å². The lowest BCUT2D eigenvalue weighted by Crippen LogP contribution is -2.63. The average Bonchev–Trinajstić information content (AvgIpc) is 2.63. The van der Waals surface area contributed by atoms with Crippen molar-refractivity contribution in [3.05, 3.63) is 0 Å². The number of halogens is 1. The number of esters is 4. The van der Waals surface area contributed by atoms with E-state index >= 15 is 0 Å². The molecule has 0 aromatic heterocycles. The van der Waals surface area contributed by atoms with Crippen molar-refractivity contribution in [2.24, 2.45) is 0 Å². The zero-order chi connectivity index (χ0) is 22.7. The summed E-state index contributed by atoms with van der Waals surface area (Å²) in [6.45, 7) is 5.10. The first-order valence-corrected chi connectivity index (χ1v) is 10.3. The summed E-state index contributed by atoms with van der Waals surface area (Å²) >= 11 is 3.23. The third-order valence-corrected chi connectivity index (χ3v) is 4.00. The van der Waals surface area contributed by atoms with Crippen LogP contribution < -0.4 is 0 Å². The Bertz CT molecular complexity index is 597. The van der Waals surface area contributed by atoms with E-state index in [1.807, 2.05) is 0 Å². The van der Waals surface area contributed by atoms with E-state index in [-0.39, 0.29) is 19.8 Å². The second-order valence-electron chi connectivity index (χ2n) is 6.24. The minimum absolute atomic E-state index is 0.0702. The number of alkyl halides is 1. The average molecular weight is 499 g/mol. The van der Waals surface area contributed by atoms with Gasteiger partial charge in [-0.15, -0.1) is 0 Å². The van der Waals surface area contributed by atoms with Crippen LogP contribution in [-0.4, -0.2) is 86.3 Å². The minimum atomic E-state index is -1.25. The lowest BCUT2D eigenvalue weighted by molar-refractivity contribution is -0.309. The van der Waals surface area contributed by atoms with Crippen molar-refractivity contribution in [1.82, 2.24) is 0 Å². The van der Waals surface area contributed by atoms with Gasteiger partial charge in [-0.3, -0.25) is 19.2 Å². The van der Waals surface area contributed by atoms with Crippen LogP contribution in [0.1, 0.15) is 27.7 Å². The van der Waals surface area contributed by atoms with Crippen LogP contribution >= 0.6 is 15.9 Å². The molecule has 0 N–H and O–H groups in total. The fraction of sp³-hybridized carbons (Fsp3) is 0.778. The molecule has 0 aliphatic carbocycles. The summed E-state index contributed by atoms with van der Waals surface area (Å²) in [5.41, 5.74) is 0. The van der Waals surface area contributed by atoms with Crippen LogP contribution in [0.15, 0.2) is 0 Å². The lowest BCUT2D eigenvalue weighted by Gasteiger charge is -2.44. The Kier molecular flexibility index (Phi) is 11.8. The van der Waals surface area contributed by atoms with Gasteiger partial charge in [0.25, 0.3) is 0 Å². The smallest absolute Gasteiger partial charge is 0.303 e. The maximum absolute atomic E-state index is 11.7. The molecule has 0 aromatic carbocycles. The summed E-state index contributed by atoms with van der Waals surface area (Å²) in [7, 11) is 0. The fourth-order valence-corrected chi connectivity index (χ4v) is 2.93. The van der Waals surface area contributed by atoms with Crippen molar-refractivity contribution in [1.29, 1.82) is 0 Å². The molecule has 0 bridgehead atoms. The van der Waals surface area contributed by atoms with Gasteiger partial charge in [0.1, 0.15) is 12.7 Å². The summed E-state index contributed by atoms with van der Waals surface area (Å²) in [5.74, 6) is -2.68. The molecule has 0 aromatic rings. The van der Waals surface area contributed by atoms with Crippen molar-refractivity contribution >= 4 is 39.8 Å². The highest BCUT2D eigenvalue weighted by Crippen LogP contribution is 2.29. The van der Waals surface area contributed by atoms with E-state index in [0.29, 0.717) is 11.9 Å². The predicted octanol–water partition coefficient (Wildman–Crippen LogP) is 0.498. The quantitative estimate of drug-likeness (QED) is 0.170. The molecule has 11 nitrogen and oxygen atoms in total. The lowest BCUT2D eigenvalue weighted by atomic mass is 9.98. The van der Waals surface area contributed by atoms with E-state index in [1.165, 1.54) is 6.92 Å². The first kappa shape index (κ1) is 26.3. The molecule has 1 heterocycles. The fourth-order valence-electron chi connectivity index (χ4n) is 2.70. The number of carbonyl (C=O) groups excluding carboxylic acids is 4. The van der Waals surface area contributed by atoms with Gasteiger partial charge >= 0.3 is 23.9 Å². The first-order valence-electron chi connectivity index (χ1n) is 9.21. The summed E-state index contributed by atoms with van der Waals surface area (Å²) in [4.78, 5) is 46.2. The van der Waals surface area contributed by atoms with E-state index < -0.39 is 54.6 Å². The summed E-state index contributed by atoms with van der Waals surface area (Å²) < 4.78 is 37.5. The monoisotopic (exact) mass is 498 g/mol. The van der Waals surface area contributed by atoms with Gasteiger partial charge in [-0.2, -0.15) is 0 Å². The van der Waals surface area contributed by atoms with Crippen LogP contribution in [0.4, 0.5) is 0 Å². The standard InChI is InChI=1S/C18H27BrO11/c1-10(20)26-9-14-15(27-11(2)21)16(28-12(3)22)17(29-13(4)23)18(30-14)25-8-7-24-6-5-19/h14-18H,5-9H2,1-4H3/t14-,15-,16+,17+,18+/m1/s1. The van der Waals surface area contributed by atoms with Gasteiger partial charge in [-0.25, -0.2) is 0 Å². The van der Waals surface area contributed by atoms with Crippen LogP contribution in [0.2, 0.25) is 0 Å². The number of hydrogen-bond donors (Lipinski definition) is 0. The van der Waals surface area contributed by atoms with Gasteiger partial charge in [0.05, 0.1) is 19.8 Å². The second kappa shape index (κ2) is 13.5. The second-order valence-corrected chi connectivity index (χ2v) is 7.03. The van der Waals surface area contributed by atoms with Gasteiger partial charge in [0, 0.05) is 33.0 Å². The molecule has 0 radical (unpaired) electrons. The molecule has 0 amide bonds. The number of rotatable bonds is 11. The van der Waals surface area contributed by atoms with Gasteiger partial charge in [0.2, 0.25) is 0 Å². The molecule has 1 fully saturated rings. The molecular weight excluding hydrogens is 472 g/mol. The largest absolute Gasteiger partial charge is 0.463 e. The predicted molar refractivity (Wildman–Crippen MR) is 103 cm³/mol. The van der Waals surface area contributed by atoms with Crippen molar-refractivity contribution in [2.75, 3.05) is 31.8 Å². The minimum Gasteiger partial charge on any atom is -0.463 e. The number of ether oxygens (including phenoxy) is 7. The highest BCUT2D eigenvalue weighted by atomic mass is 79.9. The van der Waals surface area contributed by atoms with Crippen molar-refractivity contribution in [3.63, 3.8) is 0 Å². The Morgan fingerprint density at radius 2 is 1.33 bits per heavy atom. The maximum atomic E-state index is 11.7. The molecule has 0 unspecified atom stereocenters.